The number of thioether (sulfide) groups is 2. The van der Waals surface area contributed by atoms with E-state index in [1.54, 1.807) is 18.0 Å². The molecule has 0 saturated heterocycles. The van der Waals surface area contributed by atoms with E-state index in [-0.39, 0.29) is 0 Å². The normalized spacial score (nSPS) is 11.8. The molecule has 0 fully saturated rings. The zero-order valence-corrected chi connectivity index (χ0v) is 16.7. The molecule has 27 heavy (non-hydrogen) atoms. The summed E-state index contributed by atoms with van der Waals surface area (Å²) in [5.74, 6) is 0.787. The van der Waals surface area contributed by atoms with Gasteiger partial charge >= 0.3 is 0 Å². The molecule has 0 aliphatic rings. The Hall–Kier alpha value is -2.50. The van der Waals surface area contributed by atoms with Gasteiger partial charge in [0.05, 0.1) is 6.21 Å². The summed E-state index contributed by atoms with van der Waals surface area (Å²) >= 11 is 3.23. The van der Waals surface area contributed by atoms with Crippen molar-refractivity contribution >= 4 is 34.9 Å². The van der Waals surface area contributed by atoms with Crippen LogP contribution < -0.4 is 5.73 Å². The van der Waals surface area contributed by atoms with Crippen LogP contribution in [0.4, 0.5) is 0 Å². The first-order valence-corrected chi connectivity index (χ1v) is 10.7. The van der Waals surface area contributed by atoms with E-state index < -0.39 is 0 Å². The third kappa shape index (κ3) is 6.01. The van der Waals surface area contributed by atoms with Crippen molar-refractivity contribution in [2.24, 2.45) is 15.9 Å². The molecule has 0 amide bonds. The van der Waals surface area contributed by atoms with Gasteiger partial charge in [-0.1, -0.05) is 78.5 Å². The third-order valence-corrected chi connectivity index (χ3v) is 5.53. The molecule has 5 heteroatoms. The number of hydrogen-bond acceptors (Lipinski definition) is 4. The molecule has 0 spiro atoms. The van der Waals surface area contributed by atoms with Gasteiger partial charge in [-0.05, 0) is 40.6 Å². The first kappa shape index (κ1) is 19.3. The van der Waals surface area contributed by atoms with Crippen LogP contribution in [0, 0.1) is 0 Å². The van der Waals surface area contributed by atoms with Gasteiger partial charge in [-0.2, -0.15) is 5.10 Å². The average Bonchev–Trinajstić information content (AvgIpc) is 2.74. The molecule has 0 saturated carbocycles. The molecule has 3 nitrogen and oxygen atoms in total. The van der Waals surface area contributed by atoms with E-state index in [0.717, 1.165) is 11.3 Å². The predicted octanol–water partition coefficient (Wildman–Crippen LogP) is 5.66. The van der Waals surface area contributed by atoms with E-state index in [1.165, 1.54) is 33.3 Å². The van der Waals surface area contributed by atoms with E-state index >= 15 is 0 Å². The number of nitrogens with two attached hydrogens (primary N) is 1. The van der Waals surface area contributed by atoms with Crippen molar-refractivity contribution in [3.05, 3.63) is 90.0 Å². The summed E-state index contributed by atoms with van der Waals surface area (Å²) < 4.78 is 0. The van der Waals surface area contributed by atoms with Crippen LogP contribution in [-0.4, -0.2) is 17.6 Å². The highest BCUT2D eigenvalue weighted by Crippen LogP contribution is 2.23. The number of hydrogen-bond donors (Lipinski definition) is 1. The maximum atomic E-state index is 5.91. The number of rotatable bonds is 6. The van der Waals surface area contributed by atoms with Crippen LogP contribution in [0.1, 0.15) is 11.1 Å². The van der Waals surface area contributed by atoms with Crippen molar-refractivity contribution < 1.29 is 0 Å². The Morgan fingerprint density at radius 1 is 0.889 bits per heavy atom. The quantitative estimate of drug-likeness (QED) is 0.255. The predicted molar refractivity (Wildman–Crippen MR) is 121 cm³/mol. The Morgan fingerprint density at radius 2 is 1.52 bits per heavy atom. The maximum absolute atomic E-state index is 5.91. The smallest absolute Gasteiger partial charge is 0.180 e. The van der Waals surface area contributed by atoms with Gasteiger partial charge in [0.15, 0.2) is 5.17 Å². The summed E-state index contributed by atoms with van der Waals surface area (Å²) in [7, 11) is 0. The molecular formula is C22H21N3S2. The van der Waals surface area contributed by atoms with E-state index in [4.69, 9.17) is 5.73 Å². The summed E-state index contributed by atoms with van der Waals surface area (Å²) in [5, 5.41) is 8.61. The lowest BCUT2D eigenvalue weighted by atomic mass is 10.0. The van der Waals surface area contributed by atoms with Crippen LogP contribution in [-0.2, 0) is 5.75 Å². The average molecular weight is 392 g/mol. The molecular weight excluding hydrogens is 370 g/mol. The van der Waals surface area contributed by atoms with Crippen molar-refractivity contribution in [1.29, 1.82) is 0 Å². The molecule has 3 rings (SSSR count). The Labute approximate surface area is 168 Å². The van der Waals surface area contributed by atoms with Gasteiger partial charge in [0.1, 0.15) is 0 Å². The zero-order chi connectivity index (χ0) is 18.9. The highest BCUT2D eigenvalue weighted by Gasteiger charge is 1.99. The highest BCUT2D eigenvalue weighted by molar-refractivity contribution is 8.13. The van der Waals surface area contributed by atoms with E-state index in [2.05, 4.69) is 65.0 Å². The van der Waals surface area contributed by atoms with Crippen molar-refractivity contribution in [1.82, 2.24) is 0 Å². The SMILES string of the molecule is CSc1ccc(-c2ccc(C=NN=C(N)SCc3ccccc3)cc2)cc1. The van der Waals surface area contributed by atoms with Gasteiger partial charge in [-0.15, -0.1) is 16.9 Å². The van der Waals surface area contributed by atoms with Gasteiger partial charge in [-0.25, -0.2) is 0 Å². The Kier molecular flexibility index (Phi) is 7.13. The van der Waals surface area contributed by atoms with Crippen molar-refractivity contribution in [2.75, 3.05) is 6.26 Å². The second-order valence-electron chi connectivity index (χ2n) is 5.81. The summed E-state index contributed by atoms with van der Waals surface area (Å²) in [4.78, 5) is 1.27. The third-order valence-electron chi connectivity index (χ3n) is 3.93. The summed E-state index contributed by atoms with van der Waals surface area (Å²) in [6.45, 7) is 0. The Balaban J connectivity index is 1.56. The fourth-order valence-electron chi connectivity index (χ4n) is 2.46. The molecule has 0 aliphatic heterocycles. The largest absolute Gasteiger partial charge is 0.377 e. The molecule has 2 N–H and O–H groups in total. The summed E-state index contributed by atoms with van der Waals surface area (Å²) in [6, 6.07) is 27.0. The molecule has 0 aliphatic carbocycles. The van der Waals surface area contributed by atoms with Crippen LogP contribution in [0.2, 0.25) is 0 Å². The van der Waals surface area contributed by atoms with Gasteiger partial charge in [0, 0.05) is 10.6 Å². The van der Waals surface area contributed by atoms with E-state index in [1.807, 2.05) is 30.3 Å². The molecule has 3 aromatic carbocycles. The van der Waals surface area contributed by atoms with Crippen LogP contribution >= 0.6 is 23.5 Å². The van der Waals surface area contributed by atoms with E-state index in [0.29, 0.717) is 5.17 Å². The highest BCUT2D eigenvalue weighted by atomic mass is 32.2. The van der Waals surface area contributed by atoms with Crippen LogP contribution in [0.5, 0.6) is 0 Å². The van der Waals surface area contributed by atoms with Gasteiger partial charge < -0.3 is 5.73 Å². The summed E-state index contributed by atoms with van der Waals surface area (Å²) in [5.41, 5.74) is 10.5. The number of nitrogens with zero attached hydrogens (tertiary/aromatic N) is 2. The minimum Gasteiger partial charge on any atom is -0.377 e. The lowest BCUT2D eigenvalue weighted by molar-refractivity contribution is 1.25. The summed E-state index contributed by atoms with van der Waals surface area (Å²) in [6.07, 6.45) is 3.80. The van der Waals surface area contributed by atoms with Crippen molar-refractivity contribution in [3.63, 3.8) is 0 Å². The Bertz CT molecular complexity index is 903. The molecule has 136 valence electrons. The second kappa shape index (κ2) is 10.00. The maximum Gasteiger partial charge on any atom is 0.180 e. The molecule has 3 aromatic rings. The van der Waals surface area contributed by atoms with E-state index in [9.17, 15) is 0 Å². The molecule has 0 heterocycles. The fourth-order valence-corrected chi connectivity index (χ4v) is 3.48. The minimum absolute atomic E-state index is 0.459. The lowest BCUT2D eigenvalue weighted by Gasteiger charge is -2.03. The molecule has 0 radical (unpaired) electrons. The van der Waals surface area contributed by atoms with Crippen LogP contribution in [0.3, 0.4) is 0 Å². The Morgan fingerprint density at radius 3 is 2.15 bits per heavy atom. The first-order valence-electron chi connectivity index (χ1n) is 8.52. The number of amidine groups is 1. The van der Waals surface area contributed by atoms with Crippen molar-refractivity contribution in [2.45, 2.75) is 10.6 Å². The standard InChI is InChI=1S/C22H21N3S2/c1-26-21-13-11-20(12-14-21)19-9-7-17(8-10-19)15-24-25-22(23)27-16-18-5-3-2-4-6-18/h2-15H,16H2,1H3,(H2,23,25). The second-order valence-corrected chi connectivity index (χ2v) is 7.68. The van der Waals surface area contributed by atoms with Crippen LogP contribution in [0.25, 0.3) is 11.1 Å². The van der Waals surface area contributed by atoms with Gasteiger partial charge in [0.2, 0.25) is 0 Å². The number of benzene rings is 3. The van der Waals surface area contributed by atoms with Gasteiger partial charge in [-0.3, -0.25) is 0 Å². The zero-order valence-electron chi connectivity index (χ0n) is 15.1. The van der Waals surface area contributed by atoms with Gasteiger partial charge in [0.25, 0.3) is 0 Å². The fraction of sp³-hybridized carbons (Fsp3) is 0.0909. The van der Waals surface area contributed by atoms with Crippen LogP contribution in [0.15, 0.2) is 94.0 Å². The minimum atomic E-state index is 0.459. The first-order chi connectivity index (χ1) is 13.2. The lowest BCUT2D eigenvalue weighted by Crippen LogP contribution is -2.05. The molecule has 0 unspecified atom stereocenters. The molecule has 0 bridgehead atoms. The monoisotopic (exact) mass is 391 g/mol. The molecule has 0 atom stereocenters. The van der Waals surface area contributed by atoms with Crippen molar-refractivity contribution in [3.8, 4) is 11.1 Å². The molecule has 0 aromatic heterocycles. The topological polar surface area (TPSA) is 50.7 Å².